The number of esters is 1. The van der Waals surface area contributed by atoms with Crippen LogP contribution < -0.4 is 10.6 Å². The summed E-state index contributed by atoms with van der Waals surface area (Å²) in [6, 6.07) is 7.36. The van der Waals surface area contributed by atoms with Crippen LogP contribution in [0.2, 0.25) is 0 Å². The number of carbonyl (C=O) groups is 2. The number of hydrogen-bond donors (Lipinski definition) is 2. The van der Waals surface area contributed by atoms with Crippen LogP contribution in [0.25, 0.3) is 0 Å². The van der Waals surface area contributed by atoms with Crippen LogP contribution in [-0.2, 0) is 9.53 Å². The van der Waals surface area contributed by atoms with E-state index in [0.29, 0.717) is 23.9 Å². The van der Waals surface area contributed by atoms with Crippen molar-refractivity contribution in [2.45, 2.75) is 25.8 Å². The van der Waals surface area contributed by atoms with Crippen molar-refractivity contribution in [2.75, 3.05) is 18.5 Å². The molecular formula is C14H18N2O3. The van der Waals surface area contributed by atoms with Gasteiger partial charge in [0, 0.05) is 11.7 Å². The molecule has 102 valence electrons. The monoisotopic (exact) mass is 262 g/mol. The molecule has 5 nitrogen and oxygen atoms in total. The topological polar surface area (TPSA) is 67.4 Å². The van der Waals surface area contributed by atoms with Gasteiger partial charge in [-0.1, -0.05) is 12.1 Å². The molecule has 1 saturated carbocycles. The fourth-order valence-electron chi connectivity index (χ4n) is 1.71. The first-order valence-electron chi connectivity index (χ1n) is 6.50. The van der Waals surface area contributed by atoms with Gasteiger partial charge in [0.15, 0.2) is 0 Å². The molecule has 0 aromatic heterocycles. The van der Waals surface area contributed by atoms with Gasteiger partial charge in [0.25, 0.3) is 0 Å². The third-order valence-electron chi connectivity index (χ3n) is 2.80. The summed E-state index contributed by atoms with van der Waals surface area (Å²) in [7, 11) is 0. The summed E-state index contributed by atoms with van der Waals surface area (Å²) in [5.41, 5.74) is 1.07. The van der Waals surface area contributed by atoms with Crippen LogP contribution in [0.15, 0.2) is 24.3 Å². The maximum absolute atomic E-state index is 11.7. The SMILES string of the molecule is CCOC(=O)c1ccccc1NCC(=O)NC1CC1. The first-order valence-corrected chi connectivity index (χ1v) is 6.50. The minimum absolute atomic E-state index is 0.0545. The highest BCUT2D eigenvalue weighted by Crippen LogP contribution is 2.19. The molecule has 1 amide bonds. The molecule has 1 aliphatic rings. The summed E-state index contributed by atoms with van der Waals surface area (Å²) in [5, 5.41) is 5.85. The fraction of sp³-hybridized carbons (Fsp3) is 0.429. The summed E-state index contributed by atoms with van der Waals surface area (Å²) in [6.07, 6.45) is 2.12. The van der Waals surface area contributed by atoms with Crippen LogP contribution in [0.1, 0.15) is 30.1 Å². The molecule has 2 rings (SSSR count). The van der Waals surface area contributed by atoms with Gasteiger partial charge >= 0.3 is 5.97 Å². The lowest BCUT2D eigenvalue weighted by Crippen LogP contribution is -2.31. The Morgan fingerprint density at radius 2 is 2.05 bits per heavy atom. The molecule has 2 N–H and O–H groups in total. The fourth-order valence-corrected chi connectivity index (χ4v) is 1.71. The van der Waals surface area contributed by atoms with Crippen molar-refractivity contribution in [3.05, 3.63) is 29.8 Å². The van der Waals surface area contributed by atoms with Crippen molar-refractivity contribution in [1.82, 2.24) is 5.32 Å². The van der Waals surface area contributed by atoms with Gasteiger partial charge in [0.2, 0.25) is 5.91 Å². The average Bonchev–Trinajstić information content (AvgIpc) is 3.21. The summed E-state index contributed by atoms with van der Waals surface area (Å²) in [5.74, 6) is -0.436. The molecule has 0 bridgehead atoms. The van der Waals surface area contributed by atoms with Crippen LogP contribution in [0.3, 0.4) is 0 Å². The van der Waals surface area contributed by atoms with E-state index in [0.717, 1.165) is 12.8 Å². The van der Waals surface area contributed by atoms with E-state index < -0.39 is 0 Å². The van der Waals surface area contributed by atoms with Crippen LogP contribution >= 0.6 is 0 Å². The molecule has 0 radical (unpaired) electrons. The van der Waals surface area contributed by atoms with Crippen molar-refractivity contribution in [2.24, 2.45) is 0 Å². The highest BCUT2D eigenvalue weighted by molar-refractivity contribution is 5.96. The number of nitrogens with one attached hydrogen (secondary N) is 2. The predicted molar refractivity (Wildman–Crippen MR) is 72.1 cm³/mol. The minimum atomic E-state index is -0.381. The molecule has 0 aliphatic heterocycles. The minimum Gasteiger partial charge on any atom is -0.462 e. The Kier molecular flexibility index (Phi) is 4.39. The molecule has 1 aromatic carbocycles. The second-order valence-electron chi connectivity index (χ2n) is 4.46. The lowest BCUT2D eigenvalue weighted by atomic mass is 10.2. The van der Waals surface area contributed by atoms with Crippen LogP contribution in [-0.4, -0.2) is 31.1 Å². The standard InChI is InChI=1S/C14H18N2O3/c1-2-19-14(18)11-5-3-4-6-12(11)15-9-13(17)16-10-7-8-10/h3-6,10,15H,2,7-9H2,1H3,(H,16,17). The Labute approximate surface area is 112 Å². The Balaban J connectivity index is 1.94. The number of ether oxygens (including phenoxy) is 1. The molecule has 0 heterocycles. The molecule has 0 spiro atoms. The Morgan fingerprint density at radius 3 is 2.74 bits per heavy atom. The van der Waals surface area contributed by atoms with Crippen LogP contribution in [0.4, 0.5) is 5.69 Å². The average molecular weight is 262 g/mol. The smallest absolute Gasteiger partial charge is 0.340 e. The van der Waals surface area contributed by atoms with Crippen molar-refractivity contribution >= 4 is 17.6 Å². The van der Waals surface area contributed by atoms with E-state index in [1.807, 2.05) is 6.07 Å². The summed E-state index contributed by atoms with van der Waals surface area (Å²) < 4.78 is 4.97. The maximum atomic E-state index is 11.7. The van der Waals surface area contributed by atoms with Gasteiger partial charge in [-0.2, -0.15) is 0 Å². The number of amides is 1. The van der Waals surface area contributed by atoms with Crippen LogP contribution in [0, 0.1) is 0 Å². The second-order valence-corrected chi connectivity index (χ2v) is 4.46. The Hall–Kier alpha value is -2.04. The van der Waals surface area contributed by atoms with E-state index in [4.69, 9.17) is 4.74 Å². The second kappa shape index (κ2) is 6.22. The van der Waals surface area contributed by atoms with Crippen molar-refractivity contribution in [3.8, 4) is 0 Å². The summed E-state index contributed by atoms with van der Waals surface area (Å²) in [4.78, 5) is 23.3. The van der Waals surface area contributed by atoms with E-state index in [2.05, 4.69) is 10.6 Å². The first kappa shape index (κ1) is 13.4. The lowest BCUT2D eigenvalue weighted by molar-refractivity contribution is -0.119. The normalized spacial score (nSPS) is 13.7. The Bertz CT molecular complexity index is 470. The van der Waals surface area contributed by atoms with Gasteiger partial charge in [-0.3, -0.25) is 4.79 Å². The number of benzene rings is 1. The maximum Gasteiger partial charge on any atom is 0.340 e. The van der Waals surface area contributed by atoms with E-state index in [1.54, 1.807) is 25.1 Å². The predicted octanol–water partition coefficient (Wildman–Crippen LogP) is 1.55. The van der Waals surface area contributed by atoms with E-state index in [1.165, 1.54) is 0 Å². The molecule has 1 aromatic rings. The third-order valence-corrected chi connectivity index (χ3v) is 2.80. The quantitative estimate of drug-likeness (QED) is 0.763. The number of anilines is 1. The van der Waals surface area contributed by atoms with Crippen molar-refractivity contribution in [3.63, 3.8) is 0 Å². The third kappa shape index (κ3) is 3.98. The van der Waals surface area contributed by atoms with Gasteiger partial charge < -0.3 is 15.4 Å². The summed E-state index contributed by atoms with van der Waals surface area (Å²) in [6.45, 7) is 2.25. The first-order chi connectivity index (χ1) is 9.20. The molecule has 0 unspecified atom stereocenters. The highest BCUT2D eigenvalue weighted by atomic mass is 16.5. The Morgan fingerprint density at radius 1 is 1.32 bits per heavy atom. The number of para-hydroxylation sites is 1. The van der Waals surface area contributed by atoms with Gasteiger partial charge in [-0.25, -0.2) is 4.79 Å². The zero-order valence-electron chi connectivity index (χ0n) is 10.9. The van der Waals surface area contributed by atoms with Gasteiger partial charge in [0.1, 0.15) is 0 Å². The zero-order valence-corrected chi connectivity index (χ0v) is 10.9. The van der Waals surface area contributed by atoms with E-state index in [9.17, 15) is 9.59 Å². The van der Waals surface area contributed by atoms with Crippen molar-refractivity contribution < 1.29 is 14.3 Å². The molecule has 0 saturated heterocycles. The zero-order chi connectivity index (χ0) is 13.7. The number of hydrogen-bond acceptors (Lipinski definition) is 4. The molecule has 19 heavy (non-hydrogen) atoms. The van der Waals surface area contributed by atoms with E-state index in [-0.39, 0.29) is 18.4 Å². The van der Waals surface area contributed by atoms with Crippen LogP contribution in [0.5, 0.6) is 0 Å². The molecule has 5 heteroatoms. The van der Waals surface area contributed by atoms with Gasteiger partial charge in [-0.15, -0.1) is 0 Å². The molecule has 1 fully saturated rings. The number of rotatable bonds is 6. The largest absolute Gasteiger partial charge is 0.462 e. The van der Waals surface area contributed by atoms with Gasteiger partial charge in [-0.05, 0) is 31.9 Å². The lowest BCUT2D eigenvalue weighted by Gasteiger charge is -2.11. The molecule has 0 atom stereocenters. The molecule has 1 aliphatic carbocycles. The van der Waals surface area contributed by atoms with Gasteiger partial charge in [0.05, 0.1) is 18.7 Å². The summed E-state index contributed by atoms with van der Waals surface area (Å²) >= 11 is 0. The number of carbonyl (C=O) groups excluding carboxylic acids is 2. The molecular weight excluding hydrogens is 244 g/mol. The van der Waals surface area contributed by atoms with Crippen molar-refractivity contribution in [1.29, 1.82) is 0 Å². The van der Waals surface area contributed by atoms with E-state index >= 15 is 0 Å². The highest BCUT2D eigenvalue weighted by Gasteiger charge is 2.23.